The maximum Gasteiger partial charge on any atom is 0.246 e. The molecule has 0 spiro atoms. The maximum atomic E-state index is 14.9. The molecule has 0 unspecified atom stereocenters. The van der Waals surface area contributed by atoms with Crippen molar-refractivity contribution in [3.63, 3.8) is 0 Å². The molecular weight excluding hydrogens is 679 g/mol. The standard InChI is InChI=1S/C43H42F3N3O4/c1-30(2)34-9-3-31(4-10-34)19-24-51-37-13-5-33(6-14-37)28-48-20-22-49(23-21-48)43(50)18-8-32-7-16-41(40(46)25-32)53-42-17-15-38(27-47-42)52-29-35-11-12-36(44)26-39(35)45/h3-18,25-27,30H,19-24,28-29H2,1-2H3/b18-8+. The van der Waals surface area contributed by atoms with Crippen LogP contribution in [0, 0.1) is 17.5 Å². The molecule has 0 aliphatic carbocycles. The number of hydrogen-bond donors (Lipinski definition) is 0. The van der Waals surface area contributed by atoms with Crippen LogP contribution >= 0.6 is 0 Å². The third-order valence-corrected chi connectivity index (χ3v) is 9.03. The number of benzene rings is 4. The van der Waals surface area contributed by atoms with Gasteiger partial charge in [-0.15, -0.1) is 0 Å². The summed E-state index contributed by atoms with van der Waals surface area (Å²) in [5.41, 5.74) is 4.51. The Morgan fingerprint density at radius 1 is 0.792 bits per heavy atom. The van der Waals surface area contributed by atoms with E-state index in [-0.39, 0.29) is 29.7 Å². The number of hydrogen-bond acceptors (Lipinski definition) is 6. The van der Waals surface area contributed by atoms with Gasteiger partial charge in [-0.3, -0.25) is 9.69 Å². The number of ether oxygens (including phenoxy) is 3. The number of carbonyl (C=O) groups is 1. The number of nitrogens with zero attached hydrogens (tertiary/aromatic N) is 3. The molecule has 53 heavy (non-hydrogen) atoms. The molecule has 4 aromatic carbocycles. The predicted octanol–water partition coefficient (Wildman–Crippen LogP) is 8.97. The first-order valence-electron chi connectivity index (χ1n) is 17.7. The minimum Gasteiger partial charge on any atom is -0.493 e. The molecule has 0 bridgehead atoms. The van der Waals surface area contributed by atoms with Gasteiger partial charge in [0.15, 0.2) is 11.6 Å². The lowest BCUT2D eigenvalue weighted by molar-refractivity contribution is -0.127. The summed E-state index contributed by atoms with van der Waals surface area (Å²) in [6.07, 6.45) is 5.27. The van der Waals surface area contributed by atoms with E-state index in [1.54, 1.807) is 23.1 Å². The molecule has 1 aromatic heterocycles. The third-order valence-electron chi connectivity index (χ3n) is 9.03. The van der Waals surface area contributed by atoms with Crippen molar-refractivity contribution in [3.8, 4) is 23.1 Å². The first kappa shape index (κ1) is 37.2. The van der Waals surface area contributed by atoms with Crippen LogP contribution in [0.25, 0.3) is 6.08 Å². The average Bonchev–Trinajstić information content (AvgIpc) is 3.16. The van der Waals surface area contributed by atoms with Crippen molar-refractivity contribution in [3.05, 3.63) is 155 Å². The Labute approximate surface area is 308 Å². The second-order valence-corrected chi connectivity index (χ2v) is 13.2. The Morgan fingerprint density at radius 2 is 1.53 bits per heavy atom. The molecular formula is C43H42F3N3O4. The quantitative estimate of drug-likeness (QED) is 0.107. The normalized spacial score (nSPS) is 13.4. The summed E-state index contributed by atoms with van der Waals surface area (Å²) in [6, 6.07) is 27.6. The van der Waals surface area contributed by atoms with E-state index in [0.29, 0.717) is 36.9 Å². The fourth-order valence-corrected chi connectivity index (χ4v) is 5.83. The molecule has 0 atom stereocenters. The Kier molecular flexibility index (Phi) is 12.4. The lowest BCUT2D eigenvalue weighted by Gasteiger charge is -2.34. The van der Waals surface area contributed by atoms with Crippen molar-refractivity contribution in [1.82, 2.24) is 14.8 Å². The monoisotopic (exact) mass is 721 g/mol. The molecule has 5 aromatic rings. The van der Waals surface area contributed by atoms with Crippen molar-refractivity contribution in [1.29, 1.82) is 0 Å². The van der Waals surface area contributed by atoms with Gasteiger partial charge in [0.05, 0.1) is 12.8 Å². The van der Waals surface area contributed by atoms with E-state index in [0.717, 1.165) is 43.9 Å². The molecule has 0 saturated carbocycles. The van der Waals surface area contributed by atoms with E-state index in [1.165, 1.54) is 53.2 Å². The molecule has 0 N–H and O–H groups in total. The molecule has 0 radical (unpaired) electrons. The van der Waals surface area contributed by atoms with Gasteiger partial charge in [-0.1, -0.05) is 56.3 Å². The zero-order valence-corrected chi connectivity index (χ0v) is 29.8. The van der Waals surface area contributed by atoms with Crippen LogP contribution in [0.15, 0.2) is 109 Å². The van der Waals surface area contributed by atoms with Crippen LogP contribution in [0.2, 0.25) is 0 Å². The molecule has 1 aliphatic rings. The first-order chi connectivity index (χ1) is 25.7. The van der Waals surface area contributed by atoms with Gasteiger partial charge in [0.2, 0.25) is 11.8 Å². The summed E-state index contributed by atoms with van der Waals surface area (Å²) in [5, 5.41) is 0. The van der Waals surface area contributed by atoms with Crippen LogP contribution in [-0.4, -0.2) is 53.5 Å². The highest BCUT2D eigenvalue weighted by Crippen LogP contribution is 2.26. The minimum absolute atomic E-state index is 0.0375. The molecule has 7 nitrogen and oxygen atoms in total. The minimum atomic E-state index is -0.704. The van der Waals surface area contributed by atoms with E-state index >= 15 is 0 Å². The average molecular weight is 722 g/mol. The van der Waals surface area contributed by atoms with Crippen molar-refractivity contribution < 1.29 is 32.2 Å². The molecule has 1 aliphatic heterocycles. The van der Waals surface area contributed by atoms with Crippen molar-refractivity contribution in [2.45, 2.75) is 39.3 Å². The van der Waals surface area contributed by atoms with Crippen LogP contribution in [-0.2, 0) is 24.4 Å². The summed E-state index contributed by atoms with van der Waals surface area (Å²) < 4.78 is 58.9. The van der Waals surface area contributed by atoms with Crippen LogP contribution in [0.4, 0.5) is 13.2 Å². The lowest BCUT2D eigenvalue weighted by Crippen LogP contribution is -2.47. The summed E-state index contributed by atoms with van der Waals surface area (Å²) in [5.74, 6) is -0.313. The van der Waals surface area contributed by atoms with Crippen molar-refractivity contribution >= 4 is 12.0 Å². The summed E-state index contributed by atoms with van der Waals surface area (Å²) in [6.45, 7) is 8.40. The van der Waals surface area contributed by atoms with Gasteiger partial charge in [0.25, 0.3) is 0 Å². The summed E-state index contributed by atoms with van der Waals surface area (Å²) in [4.78, 5) is 21.1. The highest BCUT2D eigenvalue weighted by molar-refractivity contribution is 5.91. The number of rotatable bonds is 14. The van der Waals surface area contributed by atoms with Crippen LogP contribution in [0.3, 0.4) is 0 Å². The molecule has 274 valence electrons. The Bertz CT molecular complexity index is 1990. The Hall–Kier alpha value is -5.61. The van der Waals surface area contributed by atoms with Gasteiger partial charge in [0.1, 0.15) is 29.7 Å². The first-order valence-corrected chi connectivity index (χ1v) is 17.7. The van der Waals surface area contributed by atoms with Gasteiger partial charge >= 0.3 is 0 Å². The smallest absolute Gasteiger partial charge is 0.246 e. The molecule has 1 fully saturated rings. The van der Waals surface area contributed by atoms with Gasteiger partial charge in [-0.25, -0.2) is 18.2 Å². The largest absolute Gasteiger partial charge is 0.493 e. The summed E-state index contributed by atoms with van der Waals surface area (Å²) in [7, 11) is 0. The van der Waals surface area contributed by atoms with Gasteiger partial charge in [-0.05, 0) is 76.7 Å². The number of amides is 1. The van der Waals surface area contributed by atoms with Crippen molar-refractivity contribution in [2.24, 2.45) is 0 Å². The topological polar surface area (TPSA) is 64.1 Å². The van der Waals surface area contributed by atoms with Crippen molar-refractivity contribution in [2.75, 3.05) is 32.8 Å². The van der Waals surface area contributed by atoms with Gasteiger partial charge in [0, 0.05) is 62.9 Å². The lowest BCUT2D eigenvalue weighted by atomic mass is 10.0. The number of pyridine rings is 1. The number of carbonyl (C=O) groups excluding carboxylic acids is 1. The summed E-state index contributed by atoms with van der Waals surface area (Å²) >= 11 is 0. The molecule has 1 saturated heterocycles. The SMILES string of the molecule is CC(C)c1ccc(CCOc2ccc(CN3CCN(C(=O)/C=C/c4ccc(Oc5ccc(OCc6ccc(F)cc6F)cn5)c(F)c4)CC3)cc2)cc1. The molecule has 2 heterocycles. The highest BCUT2D eigenvalue weighted by Gasteiger charge is 2.20. The highest BCUT2D eigenvalue weighted by atomic mass is 19.1. The van der Waals surface area contributed by atoms with Gasteiger partial charge < -0.3 is 19.1 Å². The fraction of sp³-hybridized carbons (Fsp3) is 0.256. The fourth-order valence-electron chi connectivity index (χ4n) is 5.83. The van der Waals surface area contributed by atoms with E-state index in [2.05, 4.69) is 60.1 Å². The van der Waals surface area contributed by atoms with Crippen LogP contribution < -0.4 is 14.2 Å². The molecule has 10 heteroatoms. The van der Waals surface area contributed by atoms with Crippen LogP contribution in [0.5, 0.6) is 23.1 Å². The van der Waals surface area contributed by atoms with Gasteiger partial charge in [-0.2, -0.15) is 0 Å². The molecule has 6 rings (SSSR count). The number of aromatic nitrogens is 1. The maximum absolute atomic E-state index is 14.9. The Morgan fingerprint density at radius 3 is 2.21 bits per heavy atom. The van der Waals surface area contributed by atoms with Crippen LogP contribution in [0.1, 0.15) is 47.6 Å². The number of halogens is 3. The zero-order chi connectivity index (χ0) is 37.2. The van der Waals surface area contributed by atoms with E-state index in [4.69, 9.17) is 14.2 Å². The second kappa shape index (κ2) is 17.7. The second-order valence-electron chi connectivity index (χ2n) is 13.2. The predicted molar refractivity (Wildman–Crippen MR) is 198 cm³/mol. The molecule has 1 amide bonds. The third kappa shape index (κ3) is 10.7. The number of piperazine rings is 1. The van der Waals surface area contributed by atoms with E-state index in [9.17, 15) is 18.0 Å². The van der Waals surface area contributed by atoms with E-state index < -0.39 is 17.5 Å². The van der Waals surface area contributed by atoms with E-state index in [1.807, 2.05) is 12.1 Å². The Balaban J connectivity index is 0.905. The zero-order valence-electron chi connectivity index (χ0n) is 29.8.